The molecule has 0 bridgehead atoms. The second kappa shape index (κ2) is 4.18. The van der Waals surface area contributed by atoms with Gasteiger partial charge in [0.2, 0.25) is 7.98 Å². The number of benzene rings is 1. The van der Waals surface area contributed by atoms with E-state index in [0.717, 1.165) is 0 Å². The van der Waals surface area contributed by atoms with Crippen molar-refractivity contribution in [1.29, 1.82) is 0 Å². The molecule has 17 heavy (non-hydrogen) atoms. The molecule has 0 atom stereocenters. The molecule has 0 fully saturated rings. The molecule has 1 aromatic rings. The predicted octanol–water partition coefficient (Wildman–Crippen LogP) is -0.742. The van der Waals surface area contributed by atoms with Gasteiger partial charge in [0, 0.05) is 5.69 Å². The lowest BCUT2D eigenvalue weighted by atomic mass is 10.2. The second-order valence-electron chi connectivity index (χ2n) is 2.98. The van der Waals surface area contributed by atoms with Gasteiger partial charge in [0.15, 0.2) is 0 Å². The van der Waals surface area contributed by atoms with Crippen molar-refractivity contribution in [2.75, 3.05) is 11.0 Å². The third-order valence-electron chi connectivity index (χ3n) is 1.82. The highest BCUT2D eigenvalue weighted by Gasteiger charge is 2.22. The number of hydrogen-bond acceptors (Lipinski definition) is 6. The highest BCUT2D eigenvalue weighted by molar-refractivity contribution is 7.86. The lowest BCUT2D eigenvalue weighted by Crippen LogP contribution is -2.09. The Kier molecular flexibility index (Phi) is 3.39. The van der Waals surface area contributed by atoms with Crippen LogP contribution in [-0.2, 0) is 20.2 Å². The van der Waals surface area contributed by atoms with Gasteiger partial charge in [-0.25, -0.2) is 0 Å². The zero-order chi connectivity index (χ0) is 13.4. The molecule has 0 heterocycles. The van der Waals surface area contributed by atoms with E-state index in [1.165, 1.54) is 0 Å². The van der Waals surface area contributed by atoms with E-state index >= 15 is 0 Å². The minimum absolute atomic E-state index is 0.422. The summed E-state index contributed by atoms with van der Waals surface area (Å²) >= 11 is 0. The van der Waals surface area contributed by atoms with E-state index in [1.807, 2.05) is 5.23 Å². The molecular weight excluding hydrogens is 271 g/mol. The van der Waals surface area contributed by atoms with Crippen LogP contribution in [-0.4, -0.2) is 33.9 Å². The van der Waals surface area contributed by atoms with Crippen molar-refractivity contribution in [3.63, 3.8) is 0 Å². The van der Waals surface area contributed by atoms with Gasteiger partial charge in [0.05, 0.1) is 5.69 Å². The van der Waals surface area contributed by atoms with Crippen molar-refractivity contribution in [2.45, 2.75) is 9.79 Å². The number of nitrogens with two attached hydrogens (primary N) is 1. The standard InChI is InChI=1S/C6H7BN2O6S2/c7-9-4-2-5(16(10,11)12)3(8)1-6(4)17(13,14)15/h1-2,9H,8H2,(H,10,11,12)(H,13,14,15). The molecule has 92 valence electrons. The number of nitrogen functional groups attached to an aromatic ring is 1. The molecule has 8 nitrogen and oxygen atoms in total. The first-order valence-electron chi connectivity index (χ1n) is 3.92. The highest BCUT2D eigenvalue weighted by atomic mass is 32.2. The van der Waals surface area contributed by atoms with Crippen LogP contribution in [0, 0.1) is 0 Å². The average molecular weight is 278 g/mol. The maximum Gasteiger partial charge on any atom is 0.296 e. The quantitative estimate of drug-likeness (QED) is 0.321. The Morgan fingerprint density at radius 1 is 1.06 bits per heavy atom. The van der Waals surface area contributed by atoms with E-state index in [1.54, 1.807) is 0 Å². The normalized spacial score (nSPS) is 12.4. The van der Waals surface area contributed by atoms with Crippen molar-refractivity contribution in [2.24, 2.45) is 0 Å². The van der Waals surface area contributed by atoms with Gasteiger partial charge >= 0.3 is 0 Å². The van der Waals surface area contributed by atoms with Crippen LogP contribution >= 0.6 is 0 Å². The summed E-state index contributed by atoms with van der Waals surface area (Å²) in [5.74, 6) is 0. The first-order chi connectivity index (χ1) is 7.57. The summed E-state index contributed by atoms with van der Waals surface area (Å²) in [5, 5.41) is 1.87. The van der Waals surface area contributed by atoms with Crippen LogP contribution in [0.5, 0.6) is 0 Å². The van der Waals surface area contributed by atoms with Gasteiger partial charge < -0.3 is 11.0 Å². The molecule has 0 aromatic heterocycles. The molecule has 0 aliphatic rings. The van der Waals surface area contributed by atoms with Gasteiger partial charge in [0.1, 0.15) is 9.79 Å². The predicted molar refractivity (Wildman–Crippen MR) is 59.9 cm³/mol. The topological polar surface area (TPSA) is 147 Å². The first kappa shape index (κ1) is 13.8. The van der Waals surface area contributed by atoms with E-state index in [0.29, 0.717) is 12.1 Å². The lowest BCUT2D eigenvalue weighted by Gasteiger charge is -2.10. The molecule has 0 saturated carbocycles. The monoisotopic (exact) mass is 278 g/mol. The molecule has 0 saturated heterocycles. The van der Waals surface area contributed by atoms with Crippen LogP contribution in [0.15, 0.2) is 21.9 Å². The summed E-state index contributed by atoms with van der Waals surface area (Å²) < 4.78 is 61.2. The Labute approximate surface area is 98.8 Å². The second-order valence-corrected chi connectivity index (χ2v) is 5.76. The van der Waals surface area contributed by atoms with E-state index < -0.39 is 41.4 Å². The van der Waals surface area contributed by atoms with Gasteiger partial charge in [-0.3, -0.25) is 9.11 Å². The molecular formula is C6H7BN2O6S2. The molecule has 0 aliphatic carbocycles. The maximum atomic E-state index is 10.9. The molecule has 0 amide bonds. The smallest absolute Gasteiger partial charge is 0.296 e. The fourth-order valence-corrected chi connectivity index (χ4v) is 2.42. The van der Waals surface area contributed by atoms with Crippen molar-refractivity contribution >= 4 is 39.6 Å². The van der Waals surface area contributed by atoms with Crippen molar-refractivity contribution < 1.29 is 25.9 Å². The lowest BCUT2D eigenvalue weighted by molar-refractivity contribution is 0.479. The summed E-state index contributed by atoms with van der Waals surface area (Å²) in [5.41, 5.74) is 4.28. The summed E-state index contributed by atoms with van der Waals surface area (Å²) in [4.78, 5) is -1.43. The molecule has 1 aromatic carbocycles. The molecule has 2 radical (unpaired) electrons. The molecule has 0 aliphatic heterocycles. The Morgan fingerprint density at radius 2 is 1.53 bits per heavy atom. The fraction of sp³-hybridized carbons (Fsp3) is 0. The van der Waals surface area contributed by atoms with E-state index in [4.69, 9.17) is 22.8 Å². The van der Waals surface area contributed by atoms with Gasteiger partial charge in [-0.05, 0) is 12.1 Å². The zero-order valence-electron chi connectivity index (χ0n) is 8.15. The molecule has 0 unspecified atom stereocenters. The third kappa shape index (κ3) is 2.88. The molecule has 11 heteroatoms. The van der Waals surface area contributed by atoms with Crippen LogP contribution < -0.4 is 11.0 Å². The van der Waals surface area contributed by atoms with Gasteiger partial charge in [0.25, 0.3) is 20.2 Å². The number of hydrogen-bond donors (Lipinski definition) is 4. The van der Waals surface area contributed by atoms with Crippen LogP contribution in [0.4, 0.5) is 11.4 Å². The van der Waals surface area contributed by atoms with E-state index in [2.05, 4.69) is 0 Å². The van der Waals surface area contributed by atoms with E-state index in [-0.39, 0.29) is 0 Å². The van der Waals surface area contributed by atoms with Crippen molar-refractivity contribution in [3.8, 4) is 0 Å². The SMILES string of the molecule is [B]Nc1cc(S(=O)(=O)O)c(N)cc1S(=O)(=O)O. The largest absolute Gasteiger partial charge is 0.436 e. The van der Waals surface area contributed by atoms with Gasteiger partial charge in [-0.15, -0.1) is 0 Å². The summed E-state index contributed by atoms with van der Waals surface area (Å²) in [6.45, 7) is 0. The number of rotatable bonds is 3. The zero-order valence-corrected chi connectivity index (χ0v) is 9.79. The Hall–Kier alpha value is -1.30. The maximum absolute atomic E-state index is 10.9. The molecule has 1 rings (SSSR count). The summed E-state index contributed by atoms with van der Waals surface area (Å²) in [6.07, 6.45) is 0. The van der Waals surface area contributed by atoms with Crippen LogP contribution in [0.25, 0.3) is 0 Å². The van der Waals surface area contributed by atoms with Crippen molar-refractivity contribution in [3.05, 3.63) is 12.1 Å². The Balaban J connectivity index is 3.69. The Bertz CT molecular complexity index is 653. The summed E-state index contributed by atoms with van der Waals surface area (Å²) in [6, 6.07) is 1.35. The Morgan fingerprint density at radius 3 is 1.88 bits per heavy atom. The highest BCUT2D eigenvalue weighted by Crippen LogP contribution is 2.29. The van der Waals surface area contributed by atoms with Crippen LogP contribution in [0.2, 0.25) is 0 Å². The molecule has 5 N–H and O–H groups in total. The van der Waals surface area contributed by atoms with Gasteiger partial charge in [-0.1, -0.05) is 0 Å². The fourth-order valence-electron chi connectivity index (χ4n) is 1.13. The van der Waals surface area contributed by atoms with Crippen LogP contribution in [0.1, 0.15) is 0 Å². The van der Waals surface area contributed by atoms with E-state index in [9.17, 15) is 16.8 Å². The van der Waals surface area contributed by atoms with Crippen molar-refractivity contribution in [1.82, 2.24) is 0 Å². The van der Waals surface area contributed by atoms with Crippen LogP contribution in [0.3, 0.4) is 0 Å². The average Bonchev–Trinajstić information content (AvgIpc) is 2.14. The number of anilines is 2. The minimum Gasteiger partial charge on any atom is -0.436 e. The third-order valence-corrected chi connectivity index (χ3v) is 3.63. The number of nitrogens with one attached hydrogen (secondary N) is 1. The molecule has 0 spiro atoms. The minimum atomic E-state index is -4.63. The van der Waals surface area contributed by atoms with Gasteiger partial charge in [-0.2, -0.15) is 16.8 Å². The first-order valence-corrected chi connectivity index (χ1v) is 6.80. The summed E-state index contributed by atoms with van der Waals surface area (Å²) in [7, 11) is -4.29.